The van der Waals surface area contributed by atoms with Crippen molar-refractivity contribution in [1.82, 2.24) is 0 Å². The molecule has 0 aromatic heterocycles. The predicted molar refractivity (Wildman–Crippen MR) is 119 cm³/mol. The summed E-state index contributed by atoms with van der Waals surface area (Å²) < 4.78 is 34.6. The molecule has 1 aliphatic rings. The first-order valence-electron chi connectivity index (χ1n) is 10.8. The van der Waals surface area contributed by atoms with E-state index in [0.717, 1.165) is 7.14 Å². The van der Waals surface area contributed by atoms with Gasteiger partial charge in [0.2, 0.25) is 0 Å². The van der Waals surface area contributed by atoms with Gasteiger partial charge in [-0.15, -0.1) is 0 Å². The fraction of sp³-hybridized carbons (Fsp3) is 0.440. The second kappa shape index (κ2) is 10.7. The SMILES string of the molecule is CC(C)(C)CC(=O)OCOc1ccc2c(c1)Oc1cc(OCOC(=O)OC(C)(C)C)ccc1[I-]2. The summed E-state index contributed by atoms with van der Waals surface area (Å²) in [6.07, 6.45) is -0.476. The fourth-order valence-electron chi connectivity index (χ4n) is 2.76. The van der Waals surface area contributed by atoms with E-state index in [9.17, 15) is 9.59 Å². The number of benzene rings is 2. The third-order valence-corrected chi connectivity index (χ3v) is 7.09. The molecule has 0 unspecified atom stereocenters. The predicted octanol–water partition coefficient (Wildman–Crippen LogP) is 2.52. The van der Waals surface area contributed by atoms with Gasteiger partial charge < -0.3 is 0 Å². The van der Waals surface area contributed by atoms with E-state index in [-0.39, 0.29) is 25.0 Å². The van der Waals surface area contributed by atoms with Gasteiger partial charge >= 0.3 is 210 Å². The molecule has 1 aliphatic heterocycles. The van der Waals surface area contributed by atoms with E-state index < -0.39 is 33.0 Å². The zero-order valence-corrected chi connectivity index (χ0v) is 22.4. The van der Waals surface area contributed by atoms with Crippen LogP contribution >= 0.6 is 0 Å². The van der Waals surface area contributed by atoms with Gasteiger partial charge in [0.1, 0.15) is 0 Å². The number of carbonyl (C=O) groups excluding carboxylic acids is 2. The van der Waals surface area contributed by atoms with Gasteiger partial charge in [-0.25, -0.2) is 0 Å². The maximum absolute atomic E-state index is 11.9. The van der Waals surface area contributed by atoms with Crippen LogP contribution in [0.2, 0.25) is 0 Å². The van der Waals surface area contributed by atoms with Gasteiger partial charge in [-0.3, -0.25) is 0 Å². The molecule has 0 aliphatic carbocycles. The summed E-state index contributed by atoms with van der Waals surface area (Å²) in [5, 5.41) is 0. The Morgan fingerprint density at radius 2 is 1.35 bits per heavy atom. The van der Waals surface area contributed by atoms with E-state index in [1.165, 1.54) is 0 Å². The molecule has 1 heterocycles. The Morgan fingerprint density at radius 3 is 1.85 bits per heavy atom. The monoisotopic (exact) mass is 585 g/mol. The molecule has 34 heavy (non-hydrogen) atoms. The number of halogens is 1. The molecule has 0 radical (unpaired) electrons. The minimum absolute atomic E-state index is 0.141. The van der Waals surface area contributed by atoms with Crippen LogP contribution in [0.3, 0.4) is 0 Å². The Morgan fingerprint density at radius 1 is 0.824 bits per heavy atom. The van der Waals surface area contributed by atoms with Crippen molar-refractivity contribution in [3.05, 3.63) is 43.5 Å². The minimum atomic E-state index is -0.793. The summed E-state index contributed by atoms with van der Waals surface area (Å²) in [7, 11) is 0. The van der Waals surface area contributed by atoms with Gasteiger partial charge in [0.25, 0.3) is 0 Å². The van der Waals surface area contributed by atoms with Crippen LogP contribution in [0.25, 0.3) is 0 Å². The molecule has 3 rings (SSSR count). The van der Waals surface area contributed by atoms with Crippen LogP contribution in [0.5, 0.6) is 23.0 Å². The Labute approximate surface area is 210 Å². The number of esters is 1. The number of carbonyl (C=O) groups is 2. The third kappa shape index (κ3) is 8.27. The van der Waals surface area contributed by atoms with Crippen molar-refractivity contribution >= 4 is 12.1 Å². The molecule has 186 valence electrons. The molecule has 0 saturated heterocycles. The summed E-state index contributed by atoms with van der Waals surface area (Å²) >= 11 is -0.458. The molecule has 0 bridgehead atoms. The molecule has 0 atom stereocenters. The number of ether oxygens (including phenoxy) is 6. The molecule has 0 spiro atoms. The van der Waals surface area contributed by atoms with Gasteiger partial charge in [0.15, 0.2) is 0 Å². The molecular formula is C25H30IO8-. The molecular weight excluding hydrogens is 555 g/mol. The third-order valence-electron chi connectivity index (χ3n) is 4.14. The van der Waals surface area contributed by atoms with E-state index in [4.69, 9.17) is 28.4 Å². The van der Waals surface area contributed by atoms with Gasteiger partial charge in [0.05, 0.1) is 0 Å². The number of fused-ring (bicyclic) bond motifs is 2. The van der Waals surface area contributed by atoms with E-state index in [2.05, 4.69) is 0 Å². The molecule has 9 heteroatoms. The zero-order valence-electron chi connectivity index (χ0n) is 20.2. The van der Waals surface area contributed by atoms with E-state index in [0.29, 0.717) is 29.4 Å². The van der Waals surface area contributed by atoms with Gasteiger partial charge in [-0.05, 0) is 0 Å². The average Bonchev–Trinajstić information content (AvgIpc) is 2.69. The summed E-state index contributed by atoms with van der Waals surface area (Å²) in [4.78, 5) is 23.5. The van der Waals surface area contributed by atoms with Gasteiger partial charge in [-0.2, -0.15) is 0 Å². The van der Waals surface area contributed by atoms with E-state index in [1.54, 1.807) is 32.9 Å². The molecule has 2 aromatic rings. The van der Waals surface area contributed by atoms with Crippen molar-refractivity contribution in [2.75, 3.05) is 13.6 Å². The van der Waals surface area contributed by atoms with Gasteiger partial charge in [-0.1, -0.05) is 0 Å². The second-order valence-corrected chi connectivity index (χ2v) is 12.6. The first-order valence-corrected chi connectivity index (χ1v) is 12.9. The van der Waals surface area contributed by atoms with Crippen molar-refractivity contribution in [1.29, 1.82) is 0 Å². The summed E-state index contributed by atoms with van der Waals surface area (Å²) in [6.45, 7) is 10.8. The van der Waals surface area contributed by atoms with Crippen LogP contribution in [0.15, 0.2) is 36.4 Å². The molecule has 8 nitrogen and oxygen atoms in total. The van der Waals surface area contributed by atoms with Gasteiger partial charge in [0, 0.05) is 0 Å². The normalized spacial score (nSPS) is 12.8. The molecule has 2 aromatic carbocycles. The van der Waals surface area contributed by atoms with Crippen LogP contribution < -0.4 is 35.4 Å². The molecule has 0 saturated carbocycles. The Hall–Kier alpha value is -2.69. The van der Waals surface area contributed by atoms with Crippen LogP contribution in [0.1, 0.15) is 48.0 Å². The quantitative estimate of drug-likeness (QED) is 0.238. The number of hydrogen-bond acceptors (Lipinski definition) is 8. The van der Waals surface area contributed by atoms with E-state index in [1.807, 2.05) is 45.0 Å². The first-order chi connectivity index (χ1) is 15.9. The van der Waals surface area contributed by atoms with Crippen LogP contribution in [-0.2, 0) is 19.0 Å². The van der Waals surface area contributed by atoms with Crippen LogP contribution in [-0.4, -0.2) is 31.3 Å². The molecule has 0 fully saturated rings. The molecule has 0 amide bonds. The number of rotatable bonds is 7. The Balaban J connectivity index is 1.54. The fourth-order valence-corrected chi connectivity index (χ4v) is 5.17. The summed E-state index contributed by atoms with van der Waals surface area (Å²) in [5.41, 5.74) is -0.775. The summed E-state index contributed by atoms with van der Waals surface area (Å²) in [6, 6.07) is 11.1. The first kappa shape index (κ1) is 25.9. The summed E-state index contributed by atoms with van der Waals surface area (Å²) in [5.74, 6) is 2.13. The number of hydrogen-bond donors (Lipinski definition) is 0. The zero-order chi connectivity index (χ0) is 24.9. The molecule has 0 N–H and O–H groups in total. The topological polar surface area (TPSA) is 89.5 Å². The van der Waals surface area contributed by atoms with Crippen molar-refractivity contribution in [2.45, 2.75) is 53.6 Å². The Bertz CT molecular complexity index is 955. The van der Waals surface area contributed by atoms with Crippen molar-refractivity contribution in [3.63, 3.8) is 0 Å². The van der Waals surface area contributed by atoms with Crippen LogP contribution in [0.4, 0.5) is 4.79 Å². The van der Waals surface area contributed by atoms with E-state index >= 15 is 0 Å². The standard InChI is InChI=1S/C25H30IO8/c1-24(2,3)13-22(27)31-14-29-16-7-9-18-20(11-16)33-21-12-17(8-10-19(21)26-18)30-15-32-23(28)34-25(4,5)6/h7-12H,13-15H2,1-6H3/q-1. The van der Waals surface area contributed by atoms with Crippen molar-refractivity contribution in [2.24, 2.45) is 5.41 Å². The Kier molecular flexibility index (Phi) is 8.17. The van der Waals surface area contributed by atoms with Crippen LogP contribution in [0, 0.1) is 12.6 Å². The maximum atomic E-state index is 11.9. The average molecular weight is 585 g/mol. The second-order valence-electron chi connectivity index (χ2n) is 9.77. The van der Waals surface area contributed by atoms with Crippen molar-refractivity contribution in [3.8, 4) is 23.0 Å². The van der Waals surface area contributed by atoms with Crippen molar-refractivity contribution < 1.29 is 59.2 Å².